The normalized spacial score (nSPS) is 14.2. The van der Waals surface area contributed by atoms with Crippen LogP contribution in [0.1, 0.15) is 50.5 Å². The molecular weight excluding hydrogens is 510 g/mol. The zero-order valence-electron chi connectivity index (χ0n) is 22.8. The van der Waals surface area contributed by atoms with Gasteiger partial charge in [-0.2, -0.15) is 5.10 Å². The molecular formula is C34H31N5O2. The number of unbranched alkanes of at least 4 members (excludes halogenated alkanes) is 3. The van der Waals surface area contributed by atoms with Crippen molar-refractivity contribution >= 4 is 22.5 Å². The van der Waals surface area contributed by atoms with Gasteiger partial charge in [0.05, 0.1) is 16.7 Å². The minimum atomic E-state index is -0.346. The van der Waals surface area contributed by atoms with Crippen molar-refractivity contribution in [2.24, 2.45) is 0 Å². The highest BCUT2D eigenvalue weighted by atomic mass is 16.2. The molecule has 0 unspecified atom stereocenters. The lowest BCUT2D eigenvalue weighted by Crippen LogP contribution is -2.50. The van der Waals surface area contributed by atoms with E-state index < -0.39 is 0 Å². The van der Waals surface area contributed by atoms with E-state index in [2.05, 4.69) is 63.9 Å². The summed E-state index contributed by atoms with van der Waals surface area (Å²) in [5.74, 6) is 2.59. The molecule has 7 heteroatoms. The second-order valence-corrected chi connectivity index (χ2v) is 10.6. The van der Waals surface area contributed by atoms with Crippen LogP contribution in [-0.2, 0) is 10.3 Å². The minimum Gasteiger partial charge on any atom is -0.343 e. The summed E-state index contributed by atoms with van der Waals surface area (Å²) in [5, 5.41) is 10.8. The Morgan fingerprint density at radius 2 is 1.88 bits per heavy atom. The maximum atomic E-state index is 12.8. The molecule has 0 atom stereocenters. The van der Waals surface area contributed by atoms with Gasteiger partial charge in [0, 0.05) is 29.1 Å². The Labute approximate surface area is 238 Å². The zero-order chi connectivity index (χ0) is 28.2. The molecule has 3 aromatic heterocycles. The number of carbonyl (C=O) groups is 1. The van der Waals surface area contributed by atoms with Gasteiger partial charge in [-0.15, -0.1) is 12.3 Å². The molecule has 0 radical (unpaired) electrons. The standard InChI is InChI=1S/C34H31N5O2/c1-2-3-4-5-6-10-14-30(40)36-34(20-11-21-34)26-17-15-25(16-18-26)31-27(24-12-8-7-9-13-24)23-28-29(35-31)19-22-39-32(28)37-38-33(39)41/h1,7-10,12-19,22-23H,3-6,11,20-21H2,(H,36,40)(H,38,41). The van der Waals surface area contributed by atoms with Crippen molar-refractivity contribution in [3.63, 3.8) is 0 Å². The number of H-pyrrole nitrogens is 1. The first-order valence-corrected chi connectivity index (χ1v) is 14.1. The number of allylic oxidation sites excluding steroid dienone is 1. The number of benzene rings is 2. The minimum absolute atomic E-state index is 0.0583. The molecule has 204 valence electrons. The van der Waals surface area contributed by atoms with Crippen LogP contribution in [0.2, 0.25) is 0 Å². The number of hydrogen-bond acceptors (Lipinski definition) is 4. The Morgan fingerprint density at radius 1 is 1.07 bits per heavy atom. The quantitative estimate of drug-likeness (QED) is 0.133. The van der Waals surface area contributed by atoms with Gasteiger partial charge in [-0.3, -0.25) is 4.79 Å². The second kappa shape index (κ2) is 11.3. The van der Waals surface area contributed by atoms with Gasteiger partial charge in [0.15, 0.2) is 5.65 Å². The van der Waals surface area contributed by atoms with E-state index in [1.807, 2.05) is 30.3 Å². The molecule has 1 fully saturated rings. The van der Waals surface area contributed by atoms with Crippen molar-refractivity contribution in [3.05, 3.63) is 101 Å². The Morgan fingerprint density at radius 3 is 2.61 bits per heavy atom. The Hall–Kier alpha value is -4.96. The first-order valence-electron chi connectivity index (χ1n) is 14.1. The predicted octanol–water partition coefficient (Wildman–Crippen LogP) is 6.15. The number of nitrogens with one attached hydrogen (secondary N) is 2. The van der Waals surface area contributed by atoms with Crippen molar-refractivity contribution in [2.75, 3.05) is 0 Å². The van der Waals surface area contributed by atoms with Gasteiger partial charge >= 0.3 is 5.69 Å². The summed E-state index contributed by atoms with van der Waals surface area (Å²) in [5.41, 5.74) is 5.56. The molecule has 3 heterocycles. The van der Waals surface area contributed by atoms with Gasteiger partial charge in [0.2, 0.25) is 5.91 Å². The molecule has 1 amide bonds. The van der Waals surface area contributed by atoms with Crippen LogP contribution in [0.25, 0.3) is 38.9 Å². The van der Waals surface area contributed by atoms with Crippen LogP contribution in [-0.4, -0.2) is 25.5 Å². The summed E-state index contributed by atoms with van der Waals surface area (Å²) in [6.45, 7) is 0. The van der Waals surface area contributed by atoms with Crippen LogP contribution in [0.4, 0.5) is 0 Å². The summed E-state index contributed by atoms with van der Waals surface area (Å²) in [6, 6.07) is 22.4. The highest BCUT2D eigenvalue weighted by molar-refractivity contribution is 5.98. The van der Waals surface area contributed by atoms with E-state index in [0.29, 0.717) is 5.65 Å². The molecule has 0 bridgehead atoms. The number of carbonyl (C=O) groups excluding carboxylic acids is 1. The van der Waals surface area contributed by atoms with Crippen molar-refractivity contribution in [1.82, 2.24) is 24.9 Å². The topological polar surface area (TPSA) is 92.2 Å². The van der Waals surface area contributed by atoms with Gasteiger partial charge in [-0.05, 0) is 67.9 Å². The first kappa shape index (κ1) is 26.3. The molecule has 2 aromatic carbocycles. The number of pyridine rings is 2. The van der Waals surface area contributed by atoms with E-state index in [0.717, 1.165) is 83.8 Å². The number of aromatic nitrogens is 4. The maximum Gasteiger partial charge on any atom is 0.347 e. The molecule has 1 saturated carbocycles. The van der Waals surface area contributed by atoms with Crippen LogP contribution in [0.3, 0.4) is 0 Å². The zero-order valence-corrected chi connectivity index (χ0v) is 22.8. The molecule has 5 aromatic rings. The van der Waals surface area contributed by atoms with Crippen molar-refractivity contribution < 1.29 is 4.79 Å². The van der Waals surface area contributed by atoms with Gasteiger partial charge in [-0.25, -0.2) is 19.3 Å². The maximum absolute atomic E-state index is 12.8. The summed E-state index contributed by atoms with van der Waals surface area (Å²) in [7, 11) is 0. The number of fused-ring (bicyclic) bond motifs is 3. The van der Waals surface area contributed by atoms with Crippen molar-refractivity contribution in [1.29, 1.82) is 0 Å². The summed E-state index contributed by atoms with van der Waals surface area (Å²) in [4.78, 5) is 30.0. The molecule has 6 rings (SSSR count). The lowest BCUT2D eigenvalue weighted by molar-refractivity contribution is -0.119. The first-order chi connectivity index (χ1) is 20.1. The third-order valence-electron chi connectivity index (χ3n) is 7.96. The predicted molar refractivity (Wildman–Crippen MR) is 162 cm³/mol. The van der Waals surface area contributed by atoms with E-state index >= 15 is 0 Å². The molecule has 41 heavy (non-hydrogen) atoms. The smallest absolute Gasteiger partial charge is 0.343 e. The summed E-state index contributed by atoms with van der Waals surface area (Å²) in [6.07, 6.45) is 17.1. The van der Waals surface area contributed by atoms with Crippen LogP contribution in [0, 0.1) is 12.3 Å². The fraction of sp³-hybridized carbons (Fsp3) is 0.235. The van der Waals surface area contributed by atoms with Gasteiger partial charge < -0.3 is 5.32 Å². The van der Waals surface area contributed by atoms with E-state index in [4.69, 9.17) is 11.4 Å². The highest BCUT2D eigenvalue weighted by Crippen LogP contribution is 2.42. The lowest BCUT2D eigenvalue weighted by atomic mass is 9.71. The molecule has 0 spiro atoms. The third kappa shape index (κ3) is 5.17. The Kier molecular flexibility index (Phi) is 7.22. The van der Waals surface area contributed by atoms with Crippen LogP contribution in [0.15, 0.2) is 89.9 Å². The van der Waals surface area contributed by atoms with Crippen LogP contribution in [0.5, 0.6) is 0 Å². The van der Waals surface area contributed by atoms with E-state index in [1.54, 1.807) is 12.3 Å². The highest BCUT2D eigenvalue weighted by Gasteiger charge is 2.39. The third-order valence-corrected chi connectivity index (χ3v) is 7.96. The summed E-state index contributed by atoms with van der Waals surface area (Å²) < 4.78 is 1.49. The Bertz CT molecular complexity index is 1840. The number of rotatable bonds is 9. The molecule has 1 aliphatic rings. The average Bonchev–Trinajstić information content (AvgIpc) is 3.37. The average molecular weight is 542 g/mol. The van der Waals surface area contributed by atoms with Gasteiger partial charge in [-0.1, -0.05) is 60.7 Å². The lowest BCUT2D eigenvalue weighted by Gasteiger charge is -2.43. The SMILES string of the molecule is C#CCCCCC=CC(=O)NC1(c2ccc(-c3nc4ccn5c(=O)[nH]nc5c4cc3-c3ccccc3)cc2)CCC1. The van der Waals surface area contributed by atoms with Crippen molar-refractivity contribution in [2.45, 2.75) is 50.5 Å². The van der Waals surface area contributed by atoms with Crippen LogP contribution < -0.4 is 11.0 Å². The number of amides is 1. The molecule has 0 saturated heterocycles. The number of hydrogen-bond donors (Lipinski definition) is 2. The van der Waals surface area contributed by atoms with Crippen LogP contribution >= 0.6 is 0 Å². The largest absolute Gasteiger partial charge is 0.347 e. The fourth-order valence-corrected chi connectivity index (χ4v) is 5.59. The van der Waals surface area contributed by atoms with Gasteiger partial charge in [0.25, 0.3) is 0 Å². The van der Waals surface area contributed by atoms with Gasteiger partial charge in [0.1, 0.15) is 0 Å². The monoisotopic (exact) mass is 541 g/mol. The molecule has 7 nitrogen and oxygen atoms in total. The molecule has 0 aliphatic heterocycles. The van der Waals surface area contributed by atoms with E-state index in [9.17, 15) is 9.59 Å². The fourth-order valence-electron chi connectivity index (χ4n) is 5.59. The van der Waals surface area contributed by atoms with Crippen molar-refractivity contribution in [3.8, 4) is 34.7 Å². The van der Waals surface area contributed by atoms with E-state index in [1.165, 1.54) is 4.40 Å². The second-order valence-electron chi connectivity index (χ2n) is 10.6. The summed E-state index contributed by atoms with van der Waals surface area (Å²) >= 11 is 0. The molecule has 1 aliphatic carbocycles. The number of aromatic amines is 1. The molecule has 2 N–H and O–H groups in total. The Balaban J connectivity index is 1.31. The number of nitrogens with zero attached hydrogens (tertiary/aromatic N) is 3. The van der Waals surface area contributed by atoms with E-state index in [-0.39, 0.29) is 17.1 Å². The number of terminal acetylenes is 1.